The van der Waals surface area contributed by atoms with Gasteiger partial charge in [0.1, 0.15) is 0 Å². The first kappa shape index (κ1) is 14.6. The molecule has 5 nitrogen and oxygen atoms in total. The van der Waals surface area contributed by atoms with Crippen molar-refractivity contribution in [1.82, 2.24) is 4.98 Å². The smallest absolute Gasteiger partial charge is 0.252 e. The molecule has 1 amide bonds. The number of aryl methyl sites for hydroxylation is 1. The number of anilines is 1. The Balaban J connectivity index is 2.13. The maximum Gasteiger partial charge on any atom is 0.252 e. The molecule has 0 fully saturated rings. The summed E-state index contributed by atoms with van der Waals surface area (Å²) in [6, 6.07) is 2.99. The molecule has 1 heterocycles. The van der Waals surface area contributed by atoms with E-state index in [0.717, 1.165) is 10.6 Å². The second-order valence-corrected chi connectivity index (χ2v) is 5.55. The summed E-state index contributed by atoms with van der Waals surface area (Å²) in [5, 5.41) is 0.278. The fourth-order valence-corrected chi connectivity index (χ4v) is 2.80. The van der Waals surface area contributed by atoms with Crippen LogP contribution in [0, 0.1) is 6.92 Å². The second-order valence-electron chi connectivity index (χ2n) is 4.20. The molecule has 0 spiro atoms. The molecule has 1 aromatic carbocycles. The van der Waals surface area contributed by atoms with E-state index >= 15 is 0 Å². The van der Waals surface area contributed by atoms with Crippen LogP contribution in [-0.2, 0) is 6.42 Å². The van der Waals surface area contributed by atoms with Crippen molar-refractivity contribution < 1.29 is 9.53 Å². The molecule has 0 bridgehead atoms. The number of amides is 1. The molecule has 0 saturated carbocycles. The number of benzene rings is 1. The zero-order valence-electron chi connectivity index (χ0n) is 10.9. The van der Waals surface area contributed by atoms with E-state index in [-0.39, 0.29) is 16.3 Å². The molecule has 0 atom stereocenters. The molecule has 0 radical (unpaired) electrons. The first-order valence-corrected chi connectivity index (χ1v) is 7.15. The standard InChI is InChI=1S/C13H14ClN3O2S/c1-7-11(20-6-17-7)2-3-19-12-9(13(16)18)4-8(15)5-10(12)14/h4-6H,2-3,15H2,1H3,(H2,16,18). The second kappa shape index (κ2) is 6.11. The zero-order valence-corrected chi connectivity index (χ0v) is 12.4. The fourth-order valence-electron chi connectivity index (χ4n) is 1.76. The molecule has 0 aliphatic rings. The Labute approximate surface area is 125 Å². The van der Waals surface area contributed by atoms with Crippen LogP contribution in [0.4, 0.5) is 5.69 Å². The molecule has 1 aromatic heterocycles. The van der Waals surface area contributed by atoms with Gasteiger partial charge in [0.15, 0.2) is 5.75 Å². The highest BCUT2D eigenvalue weighted by atomic mass is 35.5. The quantitative estimate of drug-likeness (QED) is 0.829. The molecular weight excluding hydrogens is 298 g/mol. The van der Waals surface area contributed by atoms with Crippen LogP contribution in [0.3, 0.4) is 0 Å². The number of halogens is 1. The van der Waals surface area contributed by atoms with Crippen LogP contribution >= 0.6 is 22.9 Å². The van der Waals surface area contributed by atoms with Crippen LogP contribution in [0.1, 0.15) is 20.9 Å². The van der Waals surface area contributed by atoms with Gasteiger partial charge in [-0.15, -0.1) is 11.3 Å². The van der Waals surface area contributed by atoms with Gasteiger partial charge in [-0.25, -0.2) is 4.98 Å². The van der Waals surface area contributed by atoms with Crippen LogP contribution in [0.2, 0.25) is 5.02 Å². The first-order valence-electron chi connectivity index (χ1n) is 5.89. The summed E-state index contributed by atoms with van der Waals surface area (Å²) in [5.41, 5.74) is 14.3. The third-order valence-corrected chi connectivity index (χ3v) is 4.03. The van der Waals surface area contributed by atoms with E-state index in [1.165, 1.54) is 12.1 Å². The van der Waals surface area contributed by atoms with Crippen LogP contribution < -0.4 is 16.2 Å². The number of ether oxygens (including phenoxy) is 1. The van der Waals surface area contributed by atoms with Gasteiger partial charge in [-0.2, -0.15) is 0 Å². The van der Waals surface area contributed by atoms with Crippen LogP contribution in [-0.4, -0.2) is 17.5 Å². The van der Waals surface area contributed by atoms with Gasteiger partial charge in [0.05, 0.1) is 28.4 Å². The van der Waals surface area contributed by atoms with E-state index < -0.39 is 5.91 Å². The highest BCUT2D eigenvalue weighted by Crippen LogP contribution is 2.31. The predicted molar refractivity (Wildman–Crippen MR) is 80.4 cm³/mol. The molecule has 7 heteroatoms. The summed E-state index contributed by atoms with van der Waals surface area (Å²) in [6.07, 6.45) is 0.690. The van der Waals surface area contributed by atoms with E-state index in [9.17, 15) is 4.79 Å². The number of nitrogen functional groups attached to an aromatic ring is 1. The van der Waals surface area contributed by atoms with Crippen LogP contribution in [0.15, 0.2) is 17.6 Å². The molecule has 0 aliphatic carbocycles. The normalized spacial score (nSPS) is 10.5. The van der Waals surface area contributed by atoms with Gasteiger partial charge in [0.2, 0.25) is 0 Å². The number of carbonyl (C=O) groups is 1. The first-order chi connectivity index (χ1) is 9.49. The van der Waals surface area contributed by atoms with Gasteiger partial charge >= 0.3 is 0 Å². The van der Waals surface area contributed by atoms with Gasteiger partial charge in [-0.1, -0.05) is 11.6 Å². The minimum absolute atomic E-state index is 0.191. The Morgan fingerprint density at radius 1 is 1.50 bits per heavy atom. The number of primary amides is 1. The highest BCUT2D eigenvalue weighted by molar-refractivity contribution is 7.09. The number of aromatic nitrogens is 1. The largest absolute Gasteiger partial charge is 0.491 e. The zero-order chi connectivity index (χ0) is 14.7. The summed E-state index contributed by atoms with van der Waals surface area (Å²) in [7, 11) is 0. The Bertz CT molecular complexity index is 643. The molecule has 2 aromatic rings. The number of thiazole rings is 1. The molecule has 106 valence electrons. The van der Waals surface area contributed by atoms with Crippen molar-refractivity contribution in [2.45, 2.75) is 13.3 Å². The molecule has 20 heavy (non-hydrogen) atoms. The van der Waals surface area contributed by atoms with Crippen molar-refractivity contribution >= 4 is 34.5 Å². The molecule has 0 saturated heterocycles. The van der Waals surface area contributed by atoms with Crippen LogP contribution in [0.5, 0.6) is 5.75 Å². The lowest BCUT2D eigenvalue weighted by Gasteiger charge is -2.12. The number of nitrogens with zero attached hydrogens (tertiary/aromatic N) is 1. The Morgan fingerprint density at radius 3 is 2.85 bits per heavy atom. The summed E-state index contributed by atoms with van der Waals surface area (Å²) >= 11 is 7.61. The summed E-state index contributed by atoms with van der Waals surface area (Å²) in [5.74, 6) is -0.348. The van der Waals surface area contributed by atoms with Crippen molar-refractivity contribution in [3.8, 4) is 5.75 Å². The molecule has 0 unspecified atom stereocenters. The minimum atomic E-state index is -0.622. The van der Waals surface area contributed by atoms with Crippen molar-refractivity contribution in [3.05, 3.63) is 38.8 Å². The Hall–Kier alpha value is -1.79. The lowest BCUT2D eigenvalue weighted by molar-refractivity contribution is 0.0996. The fraction of sp³-hybridized carbons (Fsp3) is 0.231. The molecule has 4 N–H and O–H groups in total. The van der Waals surface area contributed by atoms with E-state index in [0.29, 0.717) is 18.7 Å². The maximum absolute atomic E-state index is 11.4. The third-order valence-electron chi connectivity index (χ3n) is 2.75. The third kappa shape index (κ3) is 3.20. The van der Waals surface area contributed by atoms with Gasteiger partial charge in [0.25, 0.3) is 5.91 Å². The van der Waals surface area contributed by atoms with Crippen molar-refractivity contribution in [2.75, 3.05) is 12.3 Å². The predicted octanol–water partition coefficient (Wildman–Crippen LogP) is 2.41. The van der Waals surface area contributed by atoms with Gasteiger partial charge in [-0.05, 0) is 19.1 Å². The van der Waals surface area contributed by atoms with Gasteiger partial charge in [-0.3, -0.25) is 4.79 Å². The Morgan fingerprint density at radius 2 is 2.25 bits per heavy atom. The topological polar surface area (TPSA) is 91.2 Å². The van der Waals surface area contributed by atoms with Crippen LogP contribution in [0.25, 0.3) is 0 Å². The average molecular weight is 312 g/mol. The van der Waals surface area contributed by atoms with E-state index in [2.05, 4.69) is 4.98 Å². The lowest BCUT2D eigenvalue weighted by Crippen LogP contribution is -2.14. The highest BCUT2D eigenvalue weighted by Gasteiger charge is 2.15. The SMILES string of the molecule is Cc1ncsc1CCOc1c(Cl)cc(N)cc1C(N)=O. The lowest BCUT2D eigenvalue weighted by atomic mass is 10.1. The summed E-state index contributed by atoms with van der Waals surface area (Å²) < 4.78 is 5.60. The maximum atomic E-state index is 11.4. The van der Waals surface area contributed by atoms with E-state index in [1.54, 1.807) is 16.8 Å². The number of carbonyl (C=O) groups excluding carboxylic acids is 1. The monoisotopic (exact) mass is 311 g/mol. The van der Waals surface area contributed by atoms with Crippen molar-refractivity contribution in [1.29, 1.82) is 0 Å². The number of hydrogen-bond donors (Lipinski definition) is 2. The summed E-state index contributed by atoms with van der Waals surface area (Å²) in [4.78, 5) is 16.7. The minimum Gasteiger partial charge on any atom is -0.491 e. The molecular formula is C13H14ClN3O2S. The number of hydrogen-bond acceptors (Lipinski definition) is 5. The summed E-state index contributed by atoms with van der Waals surface area (Å²) in [6.45, 7) is 2.32. The van der Waals surface area contributed by atoms with E-state index in [4.69, 9.17) is 27.8 Å². The number of rotatable bonds is 5. The van der Waals surface area contributed by atoms with Gasteiger partial charge < -0.3 is 16.2 Å². The molecule has 0 aliphatic heterocycles. The van der Waals surface area contributed by atoms with E-state index in [1.807, 2.05) is 6.92 Å². The number of nitrogens with two attached hydrogens (primary N) is 2. The average Bonchev–Trinajstić information content (AvgIpc) is 2.77. The van der Waals surface area contributed by atoms with Crippen molar-refractivity contribution in [2.24, 2.45) is 5.73 Å². The Kier molecular flexibility index (Phi) is 4.46. The van der Waals surface area contributed by atoms with Crippen molar-refractivity contribution in [3.63, 3.8) is 0 Å². The molecule has 2 rings (SSSR count). The van der Waals surface area contributed by atoms with Gasteiger partial charge in [0, 0.05) is 17.0 Å².